The number of hydrogen-bond donors (Lipinski definition) is 3. The van der Waals surface area contributed by atoms with Crippen molar-refractivity contribution in [3.63, 3.8) is 0 Å². The fourth-order valence-corrected chi connectivity index (χ4v) is 3.01. The quantitative estimate of drug-likeness (QED) is 0.403. The van der Waals surface area contributed by atoms with Gasteiger partial charge in [-0.1, -0.05) is 48.5 Å². The van der Waals surface area contributed by atoms with Crippen molar-refractivity contribution in [2.24, 2.45) is 0 Å². The van der Waals surface area contributed by atoms with Gasteiger partial charge in [-0.15, -0.1) is 0 Å². The van der Waals surface area contributed by atoms with Crippen LogP contribution in [0.15, 0.2) is 66.7 Å². The van der Waals surface area contributed by atoms with Crippen LogP contribution in [0.3, 0.4) is 0 Å². The van der Waals surface area contributed by atoms with Gasteiger partial charge in [0.25, 0.3) is 0 Å². The highest BCUT2D eigenvalue weighted by Crippen LogP contribution is 2.31. The molecule has 0 saturated carbocycles. The minimum Gasteiger partial charge on any atom is -0.508 e. The van der Waals surface area contributed by atoms with Gasteiger partial charge in [0, 0.05) is 16.8 Å². The maximum Gasteiger partial charge on any atom is 0.127 e. The van der Waals surface area contributed by atoms with E-state index < -0.39 is 0 Å². The van der Waals surface area contributed by atoms with E-state index in [1.165, 1.54) is 6.07 Å². The standard InChI is InChI=1S/C11H10O2.C11H10O/c1-7-3-2-4-9-10(7)5-8(12)6-11(9)13;1-8-4-2-5-9-6-3-7-10(12)11(8)9/h2-6,12-13H,1H3;2-7,12H,1H3. The number of aryl methyl sites for hydroxylation is 2. The third-order valence-electron chi connectivity index (χ3n) is 4.27. The highest BCUT2D eigenvalue weighted by atomic mass is 16.3. The fraction of sp³-hybridized carbons (Fsp3) is 0.0909. The van der Waals surface area contributed by atoms with Gasteiger partial charge < -0.3 is 15.3 Å². The molecule has 4 aromatic carbocycles. The Morgan fingerprint density at radius 3 is 1.96 bits per heavy atom. The smallest absolute Gasteiger partial charge is 0.127 e. The summed E-state index contributed by atoms with van der Waals surface area (Å²) in [6, 6.07) is 20.2. The maximum atomic E-state index is 9.55. The summed E-state index contributed by atoms with van der Waals surface area (Å²) < 4.78 is 0. The van der Waals surface area contributed by atoms with Crippen molar-refractivity contribution in [3.05, 3.63) is 77.9 Å². The first-order valence-corrected chi connectivity index (χ1v) is 8.06. The Labute approximate surface area is 146 Å². The van der Waals surface area contributed by atoms with Crippen LogP contribution in [0, 0.1) is 13.8 Å². The van der Waals surface area contributed by atoms with Gasteiger partial charge in [-0.2, -0.15) is 0 Å². The molecule has 3 N–H and O–H groups in total. The molecule has 0 bridgehead atoms. The van der Waals surface area contributed by atoms with E-state index in [2.05, 4.69) is 0 Å². The third kappa shape index (κ3) is 3.36. The average molecular weight is 332 g/mol. The molecule has 0 unspecified atom stereocenters. The molecule has 0 atom stereocenters. The summed E-state index contributed by atoms with van der Waals surface area (Å²) in [5, 5.41) is 32.1. The van der Waals surface area contributed by atoms with Gasteiger partial charge in [0.05, 0.1) is 0 Å². The number of phenols is 3. The Kier molecular flexibility index (Phi) is 4.48. The van der Waals surface area contributed by atoms with Crippen LogP contribution in [0.1, 0.15) is 11.1 Å². The van der Waals surface area contributed by atoms with Gasteiger partial charge in [0.15, 0.2) is 0 Å². The topological polar surface area (TPSA) is 60.7 Å². The zero-order chi connectivity index (χ0) is 18.0. The third-order valence-corrected chi connectivity index (χ3v) is 4.27. The number of rotatable bonds is 0. The first-order chi connectivity index (χ1) is 12.0. The fourth-order valence-electron chi connectivity index (χ4n) is 3.01. The molecule has 126 valence electrons. The molecule has 25 heavy (non-hydrogen) atoms. The van der Waals surface area contributed by atoms with Gasteiger partial charge >= 0.3 is 0 Å². The van der Waals surface area contributed by atoms with Crippen LogP contribution < -0.4 is 0 Å². The molecule has 0 aliphatic rings. The SMILES string of the molecule is Cc1cccc2c(O)cc(O)cc12.Cc1cccc2cccc(O)c12. The lowest BCUT2D eigenvalue weighted by atomic mass is 10.0. The lowest BCUT2D eigenvalue weighted by Gasteiger charge is -2.04. The first kappa shape index (κ1) is 16.7. The number of fused-ring (bicyclic) bond motifs is 2. The van der Waals surface area contributed by atoms with E-state index in [4.69, 9.17) is 0 Å². The van der Waals surface area contributed by atoms with E-state index in [0.717, 1.165) is 32.7 Å². The second kappa shape index (κ2) is 6.73. The van der Waals surface area contributed by atoms with Crippen LogP contribution in [0.25, 0.3) is 21.5 Å². The summed E-state index contributed by atoms with van der Waals surface area (Å²) in [6.07, 6.45) is 0. The van der Waals surface area contributed by atoms with Crippen LogP contribution in [-0.4, -0.2) is 15.3 Å². The summed E-state index contributed by atoms with van der Waals surface area (Å²) in [5.74, 6) is 0.587. The van der Waals surface area contributed by atoms with E-state index in [-0.39, 0.29) is 11.5 Å². The van der Waals surface area contributed by atoms with E-state index in [1.54, 1.807) is 12.1 Å². The highest BCUT2D eigenvalue weighted by molar-refractivity contribution is 5.92. The molecule has 0 aromatic heterocycles. The van der Waals surface area contributed by atoms with Gasteiger partial charge in [-0.3, -0.25) is 0 Å². The summed E-state index contributed by atoms with van der Waals surface area (Å²) in [5.41, 5.74) is 2.16. The Bertz CT molecular complexity index is 1010. The zero-order valence-electron chi connectivity index (χ0n) is 14.2. The van der Waals surface area contributed by atoms with Crippen LogP contribution in [0.5, 0.6) is 17.2 Å². The van der Waals surface area contributed by atoms with Gasteiger partial charge in [-0.05, 0) is 47.9 Å². The van der Waals surface area contributed by atoms with E-state index in [9.17, 15) is 15.3 Å². The summed E-state index contributed by atoms with van der Waals surface area (Å²) in [4.78, 5) is 0. The molecule has 4 aromatic rings. The van der Waals surface area contributed by atoms with Crippen molar-refractivity contribution in [2.45, 2.75) is 13.8 Å². The Balaban J connectivity index is 0.000000146. The molecule has 3 heteroatoms. The molecular weight excluding hydrogens is 312 g/mol. The lowest BCUT2D eigenvalue weighted by Crippen LogP contribution is -1.78. The monoisotopic (exact) mass is 332 g/mol. The second-order valence-electron chi connectivity index (χ2n) is 6.09. The minimum atomic E-state index is 0.0966. The van der Waals surface area contributed by atoms with Crippen molar-refractivity contribution in [1.82, 2.24) is 0 Å². The summed E-state index contributed by atoms with van der Waals surface area (Å²) in [7, 11) is 0. The molecule has 0 saturated heterocycles. The van der Waals surface area contributed by atoms with E-state index in [0.29, 0.717) is 5.75 Å². The largest absolute Gasteiger partial charge is 0.508 e. The molecule has 0 heterocycles. The number of hydrogen-bond acceptors (Lipinski definition) is 3. The van der Waals surface area contributed by atoms with E-state index >= 15 is 0 Å². The molecule has 0 fully saturated rings. The average Bonchev–Trinajstić information content (AvgIpc) is 2.57. The molecule has 4 rings (SSSR count). The Hall–Kier alpha value is -3.20. The Morgan fingerprint density at radius 2 is 1.24 bits per heavy atom. The van der Waals surface area contributed by atoms with Crippen LogP contribution in [0.2, 0.25) is 0 Å². The maximum absolute atomic E-state index is 9.55. The zero-order valence-corrected chi connectivity index (χ0v) is 14.2. The number of aromatic hydroxyl groups is 3. The van der Waals surface area contributed by atoms with Crippen molar-refractivity contribution in [2.75, 3.05) is 0 Å². The molecule has 0 radical (unpaired) electrons. The molecular formula is C22H20O3. The highest BCUT2D eigenvalue weighted by Gasteiger charge is 2.03. The molecule has 0 amide bonds. The van der Waals surface area contributed by atoms with Crippen molar-refractivity contribution in [3.8, 4) is 17.2 Å². The normalized spacial score (nSPS) is 10.5. The van der Waals surface area contributed by atoms with Crippen molar-refractivity contribution < 1.29 is 15.3 Å². The lowest BCUT2D eigenvalue weighted by molar-refractivity contribution is 0.455. The molecule has 0 aliphatic heterocycles. The van der Waals surface area contributed by atoms with Crippen molar-refractivity contribution in [1.29, 1.82) is 0 Å². The molecule has 3 nitrogen and oxygen atoms in total. The van der Waals surface area contributed by atoms with Crippen molar-refractivity contribution >= 4 is 21.5 Å². The van der Waals surface area contributed by atoms with Gasteiger partial charge in [-0.25, -0.2) is 0 Å². The van der Waals surface area contributed by atoms with Crippen LogP contribution >= 0.6 is 0 Å². The number of phenolic OH excluding ortho intramolecular Hbond substituents is 3. The van der Waals surface area contributed by atoms with Crippen LogP contribution in [0.4, 0.5) is 0 Å². The first-order valence-electron chi connectivity index (χ1n) is 8.06. The van der Waals surface area contributed by atoms with Gasteiger partial charge in [0.2, 0.25) is 0 Å². The predicted octanol–water partition coefficient (Wildman–Crippen LogP) is 5.41. The van der Waals surface area contributed by atoms with E-state index in [1.807, 2.05) is 62.4 Å². The van der Waals surface area contributed by atoms with Crippen LogP contribution in [-0.2, 0) is 0 Å². The minimum absolute atomic E-state index is 0.0966. The molecule has 0 spiro atoms. The number of benzene rings is 4. The summed E-state index contributed by atoms with van der Waals surface area (Å²) >= 11 is 0. The molecule has 0 aliphatic carbocycles. The van der Waals surface area contributed by atoms with Gasteiger partial charge in [0.1, 0.15) is 17.2 Å². The predicted molar refractivity (Wildman–Crippen MR) is 102 cm³/mol. The Morgan fingerprint density at radius 1 is 0.600 bits per heavy atom. The summed E-state index contributed by atoms with van der Waals surface area (Å²) in [6.45, 7) is 3.95. The second-order valence-corrected chi connectivity index (χ2v) is 6.09.